The third-order valence-corrected chi connectivity index (χ3v) is 0.881. The quantitative estimate of drug-likeness (QED) is 0.480. The summed E-state index contributed by atoms with van der Waals surface area (Å²) < 4.78 is 4.88. The van der Waals surface area contributed by atoms with Gasteiger partial charge in [0.25, 0.3) is 0 Å². The summed E-state index contributed by atoms with van der Waals surface area (Å²) in [5.41, 5.74) is 0. The summed E-state index contributed by atoms with van der Waals surface area (Å²) in [6, 6.07) is 0. The second kappa shape index (κ2) is 1.86. The number of hydrogen-bond acceptors (Lipinski definition) is 2. The molecule has 0 fully saturated rings. The van der Waals surface area contributed by atoms with Gasteiger partial charge in [0.1, 0.15) is 5.76 Å². The molecule has 0 atom stereocenters. The largest absolute Gasteiger partial charge is 0.478 e. The van der Waals surface area contributed by atoms with E-state index in [0.29, 0.717) is 12.5 Å². The molecule has 0 aromatic rings. The molecule has 0 aromatic heterocycles. The molecule has 0 unspecified atom stereocenters. The third kappa shape index (κ3) is 0.992. The third-order valence-electron chi connectivity index (χ3n) is 0.881. The van der Waals surface area contributed by atoms with E-state index in [1.165, 1.54) is 6.08 Å². The maximum absolute atomic E-state index is 10.4. The van der Waals surface area contributed by atoms with Crippen LogP contribution in [0.15, 0.2) is 11.8 Å². The van der Waals surface area contributed by atoms with Crippen LogP contribution in [-0.2, 0) is 9.53 Å². The van der Waals surface area contributed by atoms with E-state index in [1.807, 2.05) is 0 Å². The molecule has 1 rings (SSSR count). The lowest BCUT2D eigenvalue weighted by atomic mass is 10.4. The Labute approximate surface area is 47.3 Å². The number of nitrogens with one attached hydrogen (secondary N) is 1. The van der Waals surface area contributed by atoms with E-state index in [-0.39, 0.29) is 5.91 Å². The van der Waals surface area contributed by atoms with Gasteiger partial charge in [-0.1, -0.05) is 0 Å². The van der Waals surface area contributed by atoms with Crippen molar-refractivity contribution in [1.82, 2.24) is 5.32 Å². The topological polar surface area (TPSA) is 38.3 Å². The minimum absolute atomic E-state index is 0.0752. The molecule has 0 spiro atoms. The Balaban J connectivity index is 2.64. The molecule has 1 aliphatic heterocycles. The summed E-state index contributed by atoms with van der Waals surface area (Å²) in [4.78, 5) is 10.4. The lowest BCUT2D eigenvalue weighted by Gasteiger charge is -2.10. The van der Waals surface area contributed by atoms with Crippen molar-refractivity contribution < 1.29 is 9.53 Å². The van der Waals surface area contributed by atoms with Crippen LogP contribution >= 0.6 is 0 Å². The van der Waals surface area contributed by atoms with Crippen molar-refractivity contribution in [3.05, 3.63) is 11.8 Å². The van der Waals surface area contributed by atoms with E-state index in [9.17, 15) is 4.79 Å². The van der Waals surface area contributed by atoms with Crippen molar-refractivity contribution in [3.8, 4) is 0 Å². The van der Waals surface area contributed by atoms with Crippen molar-refractivity contribution in [2.45, 2.75) is 6.92 Å². The van der Waals surface area contributed by atoms with E-state index >= 15 is 0 Å². The van der Waals surface area contributed by atoms with E-state index in [1.54, 1.807) is 6.92 Å². The van der Waals surface area contributed by atoms with Crippen molar-refractivity contribution >= 4 is 5.91 Å². The number of hydrogen-bond donors (Lipinski definition) is 1. The average molecular weight is 113 g/mol. The van der Waals surface area contributed by atoms with Crippen LogP contribution < -0.4 is 5.32 Å². The van der Waals surface area contributed by atoms with Gasteiger partial charge in [0.05, 0.1) is 0 Å². The van der Waals surface area contributed by atoms with Gasteiger partial charge in [-0.3, -0.25) is 4.79 Å². The fraction of sp³-hybridized carbons (Fsp3) is 0.400. The summed E-state index contributed by atoms with van der Waals surface area (Å²) in [5, 5.41) is 2.47. The molecule has 0 aromatic carbocycles. The van der Waals surface area contributed by atoms with Gasteiger partial charge in [-0.25, -0.2) is 0 Å². The molecule has 44 valence electrons. The molecule has 0 saturated heterocycles. The number of allylic oxidation sites excluding steroid dienone is 1. The number of carbonyl (C=O) groups is 1. The molecule has 1 N–H and O–H groups in total. The Hall–Kier alpha value is -0.990. The van der Waals surface area contributed by atoms with Gasteiger partial charge in [-0.2, -0.15) is 0 Å². The van der Waals surface area contributed by atoms with Gasteiger partial charge in [0.2, 0.25) is 5.91 Å². The zero-order chi connectivity index (χ0) is 5.98. The lowest BCUT2D eigenvalue weighted by Crippen LogP contribution is -2.28. The van der Waals surface area contributed by atoms with Crippen molar-refractivity contribution in [2.75, 3.05) is 6.73 Å². The van der Waals surface area contributed by atoms with Gasteiger partial charge in [0, 0.05) is 6.08 Å². The van der Waals surface area contributed by atoms with Crippen LogP contribution in [0.2, 0.25) is 0 Å². The molecular formula is C5H7NO2. The summed E-state index contributed by atoms with van der Waals surface area (Å²) in [5.74, 6) is 0.600. The number of ether oxygens (including phenoxy) is 1. The van der Waals surface area contributed by atoms with Gasteiger partial charge in [-0.15, -0.1) is 0 Å². The molecule has 3 heteroatoms. The van der Waals surface area contributed by atoms with Crippen LogP contribution in [-0.4, -0.2) is 12.6 Å². The zero-order valence-electron chi connectivity index (χ0n) is 4.60. The van der Waals surface area contributed by atoms with Crippen LogP contribution in [0.4, 0.5) is 0 Å². The van der Waals surface area contributed by atoms with Crippen molar-refractivity contribution in [3.63, 3.8) is 0 Å². The standard InChI is InChI=1S/C5H7NO2/c1-4-2-5(7)6-3-8-4/h2H,3H2,1H3,(H,6,7). The Morgan fingerprint density at radius 2 is 2.62 bits per heavy atom. The molecule has 0 aliphatic carbocycles. The lowest BCUT2D eigenvalue weighted by molar-refractivity contribution is -0.119. The van der Waals surface area contributed by atoms with Gasteiger partial charge in [-0.05, 0) is 6.92 Å². The fourth-order valence-corrected chi connectivity index (χ4v) is 0.498. The summed E-state index contributed by atoms with van der Waals surface area (Å²) >= 11 is 0. The first-order valence-electron chi connectivity index (χ1n) is 2.38. The second-order valence-corrected chi connectivity index (χ2v) is 1.58. The zero-order valence-corrected chi connectivity index (χ0v) is 4.60. The van der Waals surface area contributed by atoms with Gasteiger partial charge < -0.3 is 10.1 Å². The monoisotopic (exact) mass is 113 g/mol. The number of amides is 1. The first kappa shape index (κ1) is 5.15. The highest BCUT2D eigenvalue weighted by molar-refractivity contribution is 5.88. The van der Waals surface area contributed by atoms with Crippen molar-refractivity contribution in [1.29, 1.82) is 0 Å². The van der Waals surface area contributed by atoms with Crippen LogP contribution in [0.3, 0.4) is 0 Å². The van der Waals surface area contributed by atoms with Crippen LogP contribution in [0, 0.1) is 0 Å². The highest BCUT2D eigenvalue weighted by Gasteiger charge is 2.02. The molecule has 0 saturated carbocycles. The van der Waals surface area contributed by atoms with Gasteiger partial charge in [0.15, 0.2) is 6.73 Å². The molecular weight excluding hydrogens is 106 g/mol. The van der Waals surface area contributed by atoms with E-state index in [4.69, 9.17) is 4.74 Å². The normalized spacial score (nSPS) is 18.6. The minimum atomic E-state index is -0.0752. The summed E-state index contributed by atoms with van der Waals surface area (Å²) in [7, 11) is 0. The molecule has 0 radical (unpaired) electrons. The van der Waals surface area contributed by atoms with E-state index < -0.39 is 0 Å². The van der Waals surface area contributed by atoms with Gasteiger partial charge >= 0.3 is 0 Å². The fourth-order valence-electron chi connectivity index (χ4n) is 0.498. The van der Waals surface area contributed by atoms with E-state index in [0.717, 1.165) is 0 Å². The highest BCUT2D eigenvalue weighted by Crippen LogP contribution is 1.96. The Morgan fingerprint density at radius 1 is 1.88 bits per heavy atom. The maximum Gasteiger partial charge on any atom is 0.249 e. The molecule has 0 bridgehead atoms. The maximum atomic E-state index is 10.4. The number of carbonyl (C=O) groups excluding carboxylic acids is 1. The average Bonchev–Trinajstić information content (AvgIpc) is 1.64. The predicted octanol–water partition coefficient (Wildman–Crippen LogP) is -0.00590. The van der Waals surface area contributed by atoms with Crippen molar-refractivity contribution in [2.24, 2.45) is 0 Å². The van der Waals surface area contributed by atoms with Crippen LogP contribution in [0.1, 0.15) is 6.92 Å². The highest BCUT2D eigenvalue weighted by atomic mass is 16.5. The Bertz CT molecular complexity index is 139. The summed E-state index contributed by atoms with van der Waals surface area (Å²) in [6.07, 6.45) is 1.42. The number of rotatable bonds is 0. The summed E-state index contributed by atoms with van der Waals surface area (Å²) in [6.45, 7) is 2.06. The molecule has 1 aliphatic rings. The first-order valence-corrected chi connectivity index (χ1v) is 2.38. The Kier molecular flexibility index (Phi) is 1.20. The molecule has 8 heavy (non-hydrogen) atoms. The molecule has 1 amide bonds. The minimum Gasteiger partial charge on any atom is -0.478 e. The first-order chi connectivity index (χ1) is 3.79. The predicted molar refractivity (Wildman–Crippen MR) is 27.9 cm³/mol. The van der Waals surface area contributed by atoms with Crippen LogP contribution in [0.5, 0.6) is 0 Å². The smallest absolute Gasteiger partial charge is 0.249 e. The Morgan fingerprint density at radius 3 is 3.00 bits per heavy atom. The molecule has 1 heterocycles. The van der Waals surface area contributed by atoms with Crippen LogP contribution in [0.25, 0.3) is 0 Å². The molecule has 3 nitrogen and oxygen atoms in total. The SMILES string of the molecule is CC1=CC(=O)NCO1. The van der Waals surface area contributed by atoms with E-state index in [2.05, 4.69) is 5.32 Å². The second-order valence-electron chi connectivity index (χ2n) is 1.58.